The van der Waals surface area contributed by atoms with Gasteiger partial charge in [-0.2, -0.15) is 5.26 Å². The fourth-order valence-corrected chi connectivity index (χ4v) is 0.534. The van der Waals surface area contributed by atoms with Crippen LogP contribution in [0.1, 0.15) is 11.3 Å². The summed E-state index contributed by atoms with van der Waals surface area (Å²) in [6, 6.07) is 5.56. The average Bonchev–Trinajstić information content (AvgIpc) is 2.10. The predicted octanol–water partition coefficient (Wildman–Crippen LogP) is 1.51. The van der Waals surface area contributed by atoms with Crippen molar-refractivity contribution in [3.63, 3.8) is 0 Å². The standard InChI is InChI=1S/C7H6N2.C2H2/c1-6-2-3-7(4-8)5-9-6;1-2/h2-3,5H,1H3;1-2H. The van der Waals surface area contributed by atoms with E-state index in [4.69, 9.17) is 5.26 Å². The maximum absolute atomic E-state index is 8.34. The van der Waals surface area contributed by atoms with Crippen molar-refractivity contribution in [3.05, 3.63) is 29.6 Å². The molecule has 1 heterocycles. The van der Waals surface area contributed by atoms with Crippen LogP contribution in [0.15, 0.2) is 18.3 Å². The number of aryl methyl sites for hydroxylation is 1. The molecule has 2 heteroatoms. The third-order valence-electron chi connectivity index (χ3n) is 1.04. The van der Waals surface area contributed by atoms with Crippen molar-refractivity contribution >= 4 is 0 Å². The predicted molar refractivity (Wildman–Crippen MR) is 43.6 cm³/mol. The van der Waals surface area contributed by atoms with Gasteiger partial charge in [0.2, 0.25) is 0 Å². The number of pyridine rings is 1. The summed E-state index contributed by atoms with van der Waals surface area (Å²) in [5, 5.41) is 8.34. The molecule has 1 rings (SSSR count). The van der Waals surface area contributed by atoms with Crippen molar-refractivity contribution in [2.75, 3.05) is 0 Å². The van der Waals surface area contributed by atoms with Gasteiger partial charge in [0.05, 0.1) is 5.56 Å². The molecule has 0 saturated carbocycles. The average molecular weight is 144 g/mol. The fourth-order valence-electron chi connectivity index (χ4n) is 0.534. The van der Waals surface area contributed by atoms with Crippen LogP contribution in [0.2, 0.25) is 0 Å². The summed E-state index contributed by atoms with van der Waals surface area (Å²) in [6.45, 7) is 1.89. The third-order valence-corrected chi connectivity index (χ3v) is 1.04. The molecule has 1 aromatic heterocycles. The van der Waals surface area contributed by atoms with Crippen LogP contribution in [0.5, 0.6) is 0 Å². The van der Waals surface area contributed by atoms with Crippen LogP contribution in [0.25, 0.3) is 0 Å². The van der Waals surface area contributed by atoms with Crippen molar-refractivity contribution in [2.24, 2.45) is 0 Å². The first kappa shape index (κ1) is 9.20. The first-order chi connectivity index (χ1) is 5.33. The molecule has 54 valence electrons. The van der Waals surface area contributed by atoms with E-state index in [9.17, 15) is 0 Å². The largest absolute Gasteiger partial charge is 0.260 e. The Morgan fingerprint density at radius 1 is 1.45 bits per heavy atom. The summed E-state index contributed by atoms with van der Waals surface area (Å²) in [5.74, 6) is 0. The molecular weight excluding hydrogens is 136 g/mol. The monoisotopic (exact) mass is 144 g/mol. The second kappa shape index (κ2) is 5.02. The van der Waals surface area contributed by atoms with E-state index in [0.29, 0.717) is 5.56 Å². The molecule has 0 unspecified atom stereocenters. The SMILES string of the molecule is C#C.Cc1ccc(C#N)cn1. The molecule has 0 bridgehead atoms. The number of nitrogens with zero attached hydrogens (tertiary/aromatic N) is 2. The van der Waals surface area contributed by atoms with Gasteiger partial charge in [0.25, 0.3) is 0 Å². The maximum atomic E-state index is 8.34. The normalized spacial score (nSPS) is 7.09. The van der Waals surface area contributed by atoms with Gasteiger partial charge in [-0.1, -0.05) is 0 Å². The number of nitriles is 1. The first-order valence-electron chi connectivity index (χ1n) is 2.99. The molecule has 0 aliphatic carbocycles. The van der Waals surface area contributed by atoms with Crippen LogP contribution >= 0.6 is 0 Å². The smallest absolute Gasteiger partial charge is 0.101 e. The van der Waals surface area contributed by atoms with Gasteiger partial charge in [0.1, 0.15) is 6.07 Å². The summed E-state index contributed by atoms with van der Waals surface area (Å²) >= 11 is 0. The van der Waals surface area contributed by atoms with Crippen molar-refractivity contribution in [1.29, 1.82) is 5.26 Å². The lowest BCUT2D eigenvalue weighted by Crippen LogP contribution is -1.79. The van der Waals surface area contributed by atoms with Gasteiger partial charge in [-0.3, -0.25) is 4.98 Å². The zero-order chi connectivity index (χ0) is 8.69. The van der Waals surface area contributed by atoms with Crippen LogP contribution in [0.3, 0.4) is 0 Å². The summed E-state index contributed by atoms with van der Waals surface area (Å²) in [4.78, 5) is 3.93. The zero-order valence-corrected chi connectivity index (χ0v) is 6.28. The minimum absolute atomic E-state index is 0.612. The van der Waals surface area contributed by atoms with Gasteiger partial charge in [-0.25, -0.2) is 0 Å². The summed E-state index contributed by atoms with van der Waals surface area (Å²) in [6.07, 6.45) is 9.56. The minimum Gasteiger partial charge on any atom is -0.260 e. The molecule has 0 radical (unpaired) electrons. The van der Waals surface area contributed by atoms with Crippen molar-refractivity contribution < 1.29 is 0 Å². The quantitative estimate of drug-likeness (QED) is 0.517. The summed E-state index contributed by atoms with van der Waals surface area (Å²) in [7, 11) is 0. The maximum Gasteiger partial charge on any atom is 0.101 e. The zero-order valence-electron chi connectivity index (χ0n) is 6.28. The second-order valence-corrected chi connectivity index (χ2v) is 1.80. The highest BCUT2D eigenvalue weighted by molar-refractivity contribution is 5.25. The van der Waals surface area contributed by atoms with Crippen LogP contribution < -0.4 is 0 Å². The number of aromatic nitrogens is 1. The van der Waals surface area contributed by atoms with Crippen molar-refractivity contribution in [1.82, 2.24) is 4.98 Å². The first-order valence-corrected chi connectivity index (χ1v) is 2.99. The lowest BCUT2D eigenvalue weighted by atomic mass is 10.3. The molecule has 0 amide bonds. The molecule has 0 aliphatic rings. The highest BCUT2D eigenvalue weighted by Gasteiger charge is 1.86. The molecule has 0 spiro atoms. The second-order valence-electron chi connectivity index (χ2n) is 1.80. The van der Waals surface area contributed by atoms with Crippen molar-refractivity contribution in [3.8, 4) is 18.9 Å². The van der Waals surface area contributed by atoms with E-state index < -0.39 is 0 Å². The van der Waals surface area contributed by atoms with Gasteiger partial charge < -0.3 is 0 Å². The van der Waals surface area contributed by atoms with Crippen LogP contribution in [-0.2, 0) is 0 Å². The van der Waals surface area contributed by atoms with E-state index in [2.05, 4.69) is 17.8 Å². The fraction of sp³-hybridized carbons (Fsp3) is 0.111. The van der Waals surface area contributed by atoms with Crippen LogP contribution in [0, 0.1) is 31.1 Å². The highest BCUT2D eigenvalue weighted by Crippen LogP contribution is 1.95. The molecule has 2 nitrogen and oxygen atoms in total. The Morgan fingerprint density at radius 2 is 2.09 bits per heavy atom. The van der Waals surface area contributed by atoms with E-state index in [-0.39, 0.29) is 0 Å². The van der Waals surface area contributed by atoms with Crippen LogP contribution in [-0.4, -0.2) is 4.98 Å². The van der Waals surface area contributed by atoms with Crippen LogP contribution in [0.4, 0.5) is 0 Å². The lowest BCUT2D eigenvalue weighted by Gasteiger charge is -1.87. The molecular formula is C9H8N2. The van der Waals surface area contributed by atoms with Gasteiger partial charge in [-0.05, 0) is 19.1 Å². The van der Waals surface area contributed by atoms with Gasteiger partial charge >= 0.3 is 0 Å². The molecule has 0 atom stereocenters. The van der Waals surface area contributed by atoms with E-state index in [0.717, 1.165) is 5.69 Å². The molecule has 0 aliphatic heterocycles. The Bertz CT molecular complexity index is 264. The molecule has 11 heavy (non-hydrogen) atoms. The molecule has 0 N–H and O–H groups in total. The van der Waals surface area contributed by atoms with E-state index >= 15 is 0 Å². The highest BCUT2D eigenvalue weighted by atomic mass is 14.7. The van der Waals surface area contributed by atoms with E-state index in [1.165, 1.54) is 0 Å². The Balaban J connectivity index is 0.000000461. The molecule has 0 aromatic carbocycles. The van der Waals surface area contributed by atoms with E-state index in [1.807, 2.05) is 19.1 Å². The van der Waals surface area contributed by atoms with Gasteiger partial charge in [-0.15, -0.1) is 12.8 Å². The van der Waals surface area contributed by atoms with E-state index in [1.54, 1.807) is 12.3 Å². The Hall–Kier alpha value is -1.80. The molecule has 0 fully saturated rings. The number of hydrogen-bond donors (Lipinski definition) is 0. The number of rotatable bonds is 0. The lowest BCUT2D eigenvalue weighted by molar-refractivity contribution is 1.19. The Labute approximate surface area is 66.5 Å². The summed E-state index contributed by atoms with van der Waals surface area (Å²) < 4.78 is 0. The summed E-state index contributed by atoms with van der Waals surface area (Å²) in [5.41, 5.74) is 1.55. The van der Waals surface area contributed by atoms with Gasteiger partial charge in [0.15, 0.2) is 0 Å². The number of terminal acetylenes is 1. The Morgan fingerprint density at radius 3 is 2.45 bits per heavy atom. The Kier molecular flexibility index (Phi) is 4.20. The van der Waals surface area contributed by atoms with Gasteiger partial charge in [0, 0.05) is 11.9 Å². The topological polar surface area (TPSA) is 36.7 Å². The molecule has 0 saturated heterocycles. The minimum atomic E-state index is 0.612. The molecule has 1 aromatic rings. The number of hydrogen-bond acceptors (Lipinski definition) is 2. The third kappa shape index (κ3) is 3.03. The van der Waals surface area contributed by atoms with Crippen molar-refractivity contribution in [2.45, 2.75) is 6.92 Å².